The summed E-state index contributed by atoms with van der Waals surface area (Å²) in [7, 11) is 3.12. The Balaban J connectivity index is 1.83. The lowest BCUT2D eigenvalue weighted by Crippen LogP contribution is -2.22. The Labute approximate surface area is 169 Å². The van der Waals surface area contributed by atoms with Gasteiger partial charge in [0.05, 0.1) is 19.8 Å². The predicted molar refractivity (Wildman–Crippen MR) is 109 cm³/mol. The molecule has 7 heteroatoms. The number of carbonyl (C=O) groups excluding carboxylic acids is 1. The summed E-state index contributed by atoms with van der Waals surface area (Å²) in [6.45, 7) is 0.643. The van der Waals surface area contributed by atoms with E-state index < -0.39 is 0 Å². The predicted octanol–water partition coefficient (Wildman–Crippen LogP) is 3.28. The zero-order chi connectivity index (χ0) is 20.6. The summed E-state index contributed by atoms with van der Waals surface area (Å²) in [5, 5.41) is 2.88. The van der Waals surface area contributed by atoms with Gasteiger partial charge in [0.25, 0.3) is 5.91 Å². The van der Waals surface area contributed by atoms with Gasteiger partial charge in [-0.25, -0.2) is 0 Å². The second-order valence-corrected chi connectivity index (χ2v) is 6.15. The van der Waals surface area contributed by atoms with E-state index in [4.69, 9.17) is 19.9 Å². The smallest absolute Gasteiger partial charge is 0.251 e. The summed E-state index contributed by atoms with van der Waals surface area (Å²) in [4.78, 5) is 16.5. The average molecular weight is 393 g/mol. The maximum Gasteiger partial charge on any atom is 0.251 e. The van der Waals surface area contributed by atoms with Crippen molar-refractivity contribution < 1.29 is 19.0 Å². The number of amides is 1. The fraction of sp³-hybridized carbons (Fsp3) is 0.182. The molecule has 0 saturated heterocycles. The normalized spacial score (nSPS) is 10.3. The quantitative estimate of drug-likeness (QED) is 0.610. The molecule has 3 aromatic rings. The van der Waals surface area contributed by atoms with Crippen molar-refractivity contribution in [3.8, 4) is 23.0 Å². The topological polar surface area (TPSA) is 95.7 Å². The summed E-state index contributed by atoms with van der Waals surface area (Å²) in [5.74, 6) is 1.86. The third-order valence-corrected chi connectivity index (χ3v) is 4.36. The molecule has 0 aliphatic carbocycles. The molecule has 0 radical (unpaired) electrons. The molecular formula is C22H23N3O4. The van der Waals surface area contributed by atoms with Crippen molar-refractivity contribution >= 4 is 5.91 Å². The van der Waals surface area contributed by atoms with Gasteiger partial charge in [-0.2, -0.15) is 0 Å². The summed E-state index contributed by atoms with van der Waals surface area (Å²) < 4.78 is 16.8. The zero-order valence-corrected chi connectivity index (χ0v) is 16.3. The SMILES string of the molecule is COc1ccc(C(=O)NCc2ccncc2)cc1Oc1cccc(OC)c1CN. The first-order valence-electron chi connectivity index (χ1n) is 9.05. The van der Waals surface area contributed by atoms with E-state index in [1.807, 2.05) is 24.3 Å². The third-order valence-electron chi connectivity index (χ3n) is 4.36. The van der Waals surface area contributed by atoms with Crippen LogP contribution in [0, 0.1) is 0 Å². The lowest BCUT2D eigenvalue weighted by molar-refractivity contribution is 0.0950. The molecular weight excluding hydrogens is 370 g/mol. The van der Waals surface area contributed by atoms with Gasteiger partial charge in [-0.05, 0) is 48.0 Å². The minimum absolute atomic E-state index is 0.223. The van der Waals surface area contributed by atoms with Gasteiger partial charge in [-0.15, -0.1) is 0 Å². The molecule has 0 fully saturated rings. The van der Waals surface area contributed by atoms with Crippen LogP contribution in [0.25, 0.3) is 0 Å². The first kappa shape index (κ1) is 20.2. The Hall–Kier alpha value is -3.58. The van der Waals surface area contributed by atoms with Crippen molar-refractivity contribution in [3.63, 3.8) is 0 Å². The molecule has 1 amide bonds. The minimum atomic E-state index is -0.223. The Kier molecular flexibility index (Phi) is 6.65. The van der Waals surface area contributed by atoms with Crippen LogP contribution in [-0.2, 0) is 13.1 Å². The number of hydrogen-bond acceptors (Lipinski definition) is 6. The van der Waals surface area contributed by atoms with Crippen LogP contribution >= 0.6 is 0 Å². The van der Waals surface area contributed by atoms with Gasteiger partial charge in [0.1, 0.15) is 11.5 Å². The number of pyridine rings is 1. The summed E-state index contributed by atoms with van der Waals surface area (Å²) in [6, 6.07) is 14.1. The molecule has 3 N–H and O–H groups in total. The number of nitrogens with two attached hydrogens (primary N) is 1. The van der Waals surface area contributed by atoms with E-state index >= 15 is 0 Å². The van der Waals surface area contributed by atoms with Gasteiger partial charge in [-0.1, -0.05) is 6.07 Å². The number of nitrogens with zero attached hydrogens (tertiary/aromatic N) is 1. The highest BCUT2D eigenvalue weighted by molar-refractivity contribution is 5.94. The van der Waals surface area contributed by atoms with Crippen LogP contribution in [0.15, 0.2) is 60.9 Å². The second kappa shape index (κ2) is 9.57. The van der Waals surface area contributed by atoms with Crippen LogP contribution in [0.4, 0.5) is 0 Å². The molecule has 1 aromatic heterocycles. The van der Waals surface area contributed by atoms with Gasteiger partial charge in [-0.3, -0.25) is 9.78 Å². The van der Waals surface area contributed by atoms with Crippen molar-refractivity contribution in [1.82, 2.24) is 10.3 Å². The van der Waals surface area contributed by atoms with Crippen LogP contribution in [0.5, 0.6) is 23.0 Å². The molecule has 0 aliphatic heterocycles. The van der Waals surface area contributed by atoms with Gasteiger partial charge >= 0.3 is 0 Å². The number of ether oxygens (including phenoxy) is 3. The van der Waals surface area contributed by atoms with Crippen LogP contribution in [0.3, 0.4) is 0 Å². The van der Waals surface area contributed by atoms with Gasteiger partial charge < -0.3 is 25.3 Å². The first-order valence-corrected chi connectivity index (χ1v) is 9.05. The lowest BCUT2D eigenvalue weighted by atomic mass is 10.1. The molecule has 150 valence electrons. The summed E-state index contributed by atoms with van der Waals surface area (Å²) in [6.07, 6.45) is 3.37. The monoisotopic (exact) mass is 393 g/mol. The van der Waals surface area contributed by atoms with Crippen molar-refractivity contribution in [1.29, 1.82) is 0 Å². The maximum atomic E-state index is 12.6. The highest BCUT2D eigenvalue weighted by Gasteiger charge is 2.15. The van der Waals surface area contributed by atoms with E-state index in [2.05, 4.69) is 10.3 Å². The van der Waals surface area contributed by atoms with E-state index in [9.17, 15) is 4.79 Å². The minimum Gasteiger partial charge on any atom is -0.496 e. The number of carbonyl (C=O) groups is 1. The van der Waals surface area contributed by atoms with Gasteiger partial charge in [0, 0.05) is 31.0 Å². The molecule has 0 aliphatic rings. The second-order valence-electron chi connectivity index (χ2n) is 6.15. The van der Waals surface area contributed by atoms with Crippen LogP contribution < -0.4 is 25.3 Å². The highest BCUT2D eigenvalue weighted by atomic mass is 16.5. The van der Waals surface area contributed by atoms with Gasteiger partial charge in [0.2, 0.25) is 0 Å². The van der Waals surface area contributed by atoms with E-state index in [0.29, 0.717) is 35.1 Å². The fourth-order valence-corrected chi connectivity index (χ4v) is 2.83. The van der Waals surface area contributed by atoms with Crippen LogP contribution in [0.2, 0.25) is 0 Å². The Morgan fingerprint density at radius 3 is 2.38 bits per heavy atom. The number of hydrogen-bond donors (Lipinski definition) is 2. The number of nitrogens with one attached hydrogen (secondary N) is 1. The molecule has 29 heavy (non-hydrogen) atoms. The molecule has 0 saturated carbocycles. The molecule has 0 unspecified atom stereocenters. The van der Waals surface area contributed by atoms with Crippen molar-refractivity contribution in [2.24, 2.45) is 5.73 Å². The number of benzene rings is 2. The standard InChI is InChI=1S/C22H23N3O4/c1-27-18-4-3-5-19(17(18)13-23)29-21-12-16(6-7-20(21)28-2)22(26)25-14-15-8-10-24-11-9-15/h3-12H,13-14,23H2,1-2H3,(H,25,26). The van der Waals surface area contributed by atoms with Crippen LogP contribution in [-0.4, -0.2) is 25.1 Å². The Bertz CT molecular complexity index is 977. The van der Waals surface area contributed by atoms with E-state index in [1.54, 1.807) is 50.9 Å². The number of methoxy groups -OCH3 is 2. The van der Waals surface area contributed by atoms with Gasteiger partial charge in [0.15, 0.2) is 11.5 Å². The van der Waals surface area contributed by atoms with Crippen molar-refractivity contribution in [3.05, 3.63) is 77.6 Å². The summed E-state index contributed by atoms with van der Waals surface area (Å²) >= 11 is 0. The highest BCUT2D eigenvalue weighted by Crippen LogP contribution is 2.36. The third kappa shape index (κ3) is 4.83. The van der Waals surface area contributed by atoms with E-state index in [0.717, 1.165) is 11.1 Å². The van der Waals surface area contributed by atoms with Crippen molar-refractivity contribution in [2.75, 3.05) is 14.2 Å². The Morgan fingerprint density at radius 2 is 1.69 bits per heavy atom. The Morgan fingerprint density at radius 1 is 0.966 bits per heavy atom. The van der Waals surface area contributed by atoms with Crippen molar-refractivity contribution in [2.45, 2.75) is 13.1 Å². The molecule has 0 atom stereocenters. The zero-order valence-electron chi connectivity index (χ0n) is 16.3. The summed E-state index contributed by atoms with van der Waals surface area (Å²) in [5.41, 5.74) is 8.00. The fourth-order valence-electron chi connectivity index (χ4n) is 2.83. The maximum absolute atomic E-state index is 12.6. The van der Waals surface area contributed by atoms with Crippen LogP contribution in [0.1, 0.15) is 21.5 Å². The number of rotatable bonds is 8. The average Bonchev–Trinajstić information content (AvgIpc) is 2.77. The molecule has 0 spiro atoms. The molecule has 0 bridgehead atoms. The largest absolute Gasteiger partial charge is 0.496 e. The number of aromatic nitrogens is 1. The molecule has 1 heterocycles. The molecule has 2 aromatic carbocycles. The molecule has 3 rings (SSSR count). The lowest BCUT2D eigenvalue weighted by Gasteiger charge is -2.16. The molecule has 7 nitrogen and oxygen atoms in total. The van der Waals surface area contributed by atoms with E-state index in [1.165, 1.54) is 0 Å². The first-order chi connectivity index (χ1) is 14.2. The van der Waals surface area contributed by atoms with E-state index in [-0.39, 0.29) is 12.5 Å².